The lowest BCUT2D eigenvalue weighted by Gasteiger charge is -2.31. The third-order valence-corrected chi connectivity index (χ3v) is 7.05. The molecule has 1 saturated heterocycles. The maximum Gasteiger partial charge on any atom is 0.255 e. The first kappa shape index (κ1) is 24.6. The van der Waals surface area contributed by atoms with E-state index in [9.17, 15) is 14.9 Å². The van der Waals surface area contributed by atoms with Crippen molar-refractivity contribution in [1.82, 2.24) is 14.6 Å². The maximum atomic E-state index is 13.1. The summed E-state index contributed by atoms with van der Waals surface area (Å²) in [7, 11) is 0. The highest BCUT2D eigenvalue weighted by atomic mass is 16.5. The van der Waals surface area contributed by atoms with E-state index in [2.05, 4.69) is 26.8 Å². The number of carbonyl (C=O) groups excluding carboxylic acids is 2. The average Bonchev–Trinajstić information content (AvgIpc) is 3.74. The molecule has 0 spiro atoms. The van der Waals surface area contributed by atoms with E-state index in [1.807, 2.05) is 6.07 Å². The van der Waals surface area contributed by atoms with Gasteiger partial charge in [-0.2, -0.15) is 5.26 Å². The molecule has 0 radical (unpaired) electrons. The van der Waals surface area contributed by atoms with Gasteiger partial charge < -0.3 is 20.1 Å². The summed E-state index contributed by atoms with van der Waals surface area (Å²) in [5.74, 6) is 1.04. The molecule has 2 fully saturated rings. The Labute approximate surface area is 224 Å². The summed E-state index contributed by atoms with van der Waals surface area (Å²) in [5, 5.41) is 20.0. The van der Waals surface area contributed by atoms with E-state index in [4.69, 9.17) is 9.47 Å². The second kappa shape index (κ2) is 10.2. The van der Waals surface area contributed by atoms with E-state index < -0.39 is 5.41 Å². The zero-order valence-electron chi connectivity index (χ0n) is 21.1. The number of hydrogen-bond donors (Lipinski definition) is 2. The molecule has 4 aromatic rings. The van der Waals surface area contributed by atoms with E-state index in [-0.39, 0.29) is 17.7 Å². The monoisotopic (exact) mass is 522 g/mol. The number of anilines is 2. The van der Waals surface area contributed by atoms with Crippen LogP contribution in [0.15, 0.2) is 66.9 Å². The highest BCUT2D eigenvalue weighted by Gasteiger charge is 2.35. The van der Waals surface area contributed by atoms with Gasteiger partial charge >= 0.3 is 0 Å². The van der Waals surface area contributed by atoms with Gasteiger partial charge in [0.15, 0.2) is 11.5 Å². The van der Waals surface area contributed by atoms with Crippen molar-refractivity contribution in [2.75, 3.05) is 23.8 Å². The minimum absolute atomic E-state index is 0.0198. The van der Waals surface area contributed by atoms with Crippen molar-refractivity contribution in [3.63, 3.8) is 0 Å². The van der Waals surface area contributed by atoms with Crippen LogP contribution in [0.3, 0.4) is 0 Å². The van der Waals surface area contributed by atoms with Crippen LogP contribution in [0.25, 0.3) is 5.65 Å². The van der Waals surface area contributed by atoms with Gasteiger partial charge in [0.05, 0.1) is 17.7 Å². The third kappa shape index (κ3) is 5.30. The lowest BCUT2D eigenvalue weighted by molar-refractivity contribution is -0.117. The van der Waals surface area contributed by atoms with E-state index in [0.717, 1.165) is 18.4 Å². The Morgan fingerprint density at radius 2 is 1.87 bits per heavy atom. The van der Waals surface area contributed by atoms with Gasteiger partial charge in [-0.25, -0.2) is 9.50 Å². The minimum atomic E-state index is -0.644. The molecule has 2 N–H and O–H groups in total. The lowest BCUT2D eigenvalue weighted by atomic mass is 9.75. The van der Waals surface area contributed by atoms with Crippen LogP contribution in [0.1, 0.15) is 41.6 Å². The van der Waals surface area contributed by atoms with Crippen molar-refractivity contribution in [1.29, 1.82) is 5.26 Å². The Morgan fingerprint density at radius 3 is 2.67 bits per heavy atom. The van der Waals surface area contributed by atoms with Crippen molar-refractivity contribution in [3.05, 3.63) is 78.0 Å². The summed E-state index contributed by atoms with van der Waals surface area (Å²) in [6.45, 7) is 1.05. The highest BCUT2D eigenvalue weighted by molar-refractivity contribution is 6.04. The number of imidazole rings is 1. The summed E-state index contributed by atoms with van der Waals surface area (Å²) in [6.07, 6.45) is 4.68. The van der Waals surface area contributed by atoms with Crippen LogP contribution < -0.4 is 15.4 Å². The third-order valence-electron chi connectivity index (χ3n) is 7.05. The van der Waals surface area contributed by atoms with Gasteiger partial charge in [-0.1, -0.05) is 18.2 Å². The summed E-state index contributed by atoms with van der Waals surface area (Å²) in [6, 6.07) is 20.1. The number of nitrogens with zero attached hydrogens (tertiary/aromatic N) is 4. The number of aromatic nitrogens is 3. The van der Waals surface area contributed by atoms with Crippen LogP contribution in [0.2, 0.25) is 0 Å². The van der Waals surface area contributed by atoms with E-state index in [1.165, 1.54) is 0 Å². The number of fused-ring (bicyclic) bond motifs is 1. The number of benzene rings is 2. The van der Waals surface area contributed by atoms with E-state index >= 15 is 0 Å². The summed E-state index contributed by atoms with van der Waals surface area (Å²) in [5.41, 5.74) is 1.79. The van der Waals surface area contributed by atoms with Crippen molar-refractivity contribution in [2.45, 2.75) is 31.1 Å². The largest absolute Gasteiger partial charge is 0.438 e. The Kier molecular flexibility index (Phi) is 6.42. The first-order valence-corrected chi connectivity index (χ1v) is 12.9. The molecule has 0 atom stereocenters. The van der Waals surface area contributed by atoms with Gasteiger partial charge in [0.25, 0.3) is 5.91 Å². The van der Waals surface area contributed by atoms with Crippen molar-refractivity contribution in [3.8, 4) is 17.7 Å². The fraction of sp³-hybridized carbons (Fsp3) is 0.276. The van der Waals surface area contributed by atoms with Gasteiger partial charge in [0.2, 0.25) is 11.8 Å². The molecule has 10 nitrogen and oxygen atoms in total. The Morgan fingerprint density at radius 1 is 1.05 bits per heavy atom. The average molecular weight is 523 g/mol. The first-order chi connectivity index (χ1) is 19.0. The second-order valence-corrected chi connectivity index (χ2v) is 9.84. The topological polar surface area (TPSA) is 131 Å². The SMILES string of the molecule is N#CC1(c2cccc(C(=O)Nc3cccc(Oc4ccc5nc(NC(=O)C6CC6)cn5n4)c3)c2)CCOCC1. The summed E-state index contributed by atoms with van der Waals surface area (Å²) < 4.78 is 12.9. The van der Waals surface area contributed by atoms with Gasteiger partial charge in [-0.05, 0) is 61.6 Å². The molecule has 2 aromatic carbocycles. The van der Waals surface area contributed by atoms with E-state index in [0.29, 0.717) is 60.4 Å². The van der Waals surface area contributed by atoms with Crippen LogP contribution in [0.5, 0.6) is 11.6 Å². The summed E-state index contributed by atoms with van der Waals surface area (Å²) >= 11 is 0. The Hall–Kier alpha value is -4.75. The molecular formula is C29H26N6O4. The van der Waals surface area contributed by atoms with Crippen molar-refractivity contribution >= 4 is 29.0 Å². The zero-order chi connectivity index (χ0) is 26.8. The van der Waals surface area contributed by atoms with Crippen LogP contribution >= 0.6 is 0 Å². The predicted octanol–water partition coefficient (Wildman–Crippen LogP) is 4.69. The molecule has 1 saturated carbocycles. The molecule has 3 heterocycles. The summed E-state index contributed by atoms with van der Waals surface area (Å²) in [4.78, 5) is 29.5. The van der Waals surface area contributed by atoms with Crippen LogP contribution in [0.4, 0.5) is 11.5 Å². The molecule has 1 aliphatic carbocycles. The molecule has 2 aliphatic rings. The molecule has 6 rings (SSSR count). The molecule has 39 heavy (non-hydrogen) atoms. The van der Waals surface area contributed by atoms with Crippen molar-refractivity contribution in [2.24, 2.45) is 5.92 Å². The zero-order valence-corrected chi connectivity index (χ0v) is 21.1. The number of rotatable bonds is 7. The molecule has 0 unspecified atom stereocenters. The molecule has 1 aliphatic heterocycles. The standard InChI is InChI=1S/C29H26N6O4/c30-18-29(11-13-38-14-12-29)21-4-1-3-20(15-21)28(37)31-22-5-2-6-23(16-22)39-26-10-9-25-32-24(17-35(25)34-26)33-27(36)19-7-8-19/h1-6,9-10,15-17,19H,7-8,11-14H2,(H,31,37)(H,33,36). The van der Waals surface area contributed by atoms with Crippen LogP contribution in [-0.4, -0.2) is 39.6 Å². The van der Waals surface area contributed by atoms with Gasteiger partial charge in [-0.3, -0.25) is 9.59 Å². The van der Waals surface area contributed by atoms with Crippen LogP contribution in [-0.2, 0) is 14.9 Å². The Balaban J connectivity index is 1.14. The number of nitrogens with one attached hydrogen (secondary N) is 2. The highest BCUT2D eigenvalue weighted by Crippen LogP contribution is 2.35. The smallest absolute Gasteiger partial charge is 0.255 e. The second-order valence-electron chi connectivity index (χ2n) is 9.84. The van der Waals surface area contributed by atoms with Gasteiger partial charge in [0, 0.05) is 42.5 Å². The number of carbonyl (C=O) groups is 2. The molecule has 2 amide bonds. The molecular weight excluding hydrogens is 496 g/mol. The molecule has 196 valence electrons. The maximum absolute atomic E-state index is 13.1. The number of hydrogen-bond acceptors (Lipinski definition) is 7. The van der Waals surface area contributed by atoms with Crippen molar-refractivity contribution < 1.29 is 19.1 Å². The van der Waals surface area contributed by atoms with E-state index in [1.54, 1.807) is 65.3 Å². The Bertz CT molecular complexity index is 1600. The van der Waals surface area contributed by atoms with Gasteiger partial charge in [-0.15, -0.1) is 5.10 Å². The van der Waals surface area contributed by atoms with Gasteiger partial charge in [0.1, 0.15) is 5.75 Å². The first-order valence-electron chi connectivity index (χ1n) is 12.9. The van der Waals surface area contributed by atoms with Crippen LogP contribution in [0, 0.1) is 17.2 Å². The molecule has 0 bridgehead atoms. The minimum Gasteiger partial charge on any atom is -0.438 e. The fourth-order valence-corrected chi connectivity index (χ4v) is 4.66. The lowest BCUT2D eigenvalue weighted by Crippen LogP contribution is -2.32. The molecule has 2 aromatic heterocycles. The fourth-order valence-electron chi connectivity index (χ4n) is 4.66. The normalized spacial score (nSPS) is 16.3. The molecule has 10 heteroatoms. The number of amides is 2. The predicted molar refractivity (Wildman–Crippen MR) is 143 cm³/mol. The number of ether oxygens (including phenoxy) is 2. The quantitative estimate of drug-likeness (QED) is 0.360. The number of nitriles is 1.